The van der Waals surface area contributed by atoms with E-state index in [1.807, 2.05) is 13.0 Å². The lowest BCUT2D eigenvalue weighted by Crippen LogP contribution is -2.35. The lowest BCUT2D eigenvalue weighted by Gasteiger charge is -2.23. The van der Waals surface area contributed by atoms with E-state index >= 15 is 0 Å². The van der Waals surface area contributed by atoms with Gasteiger partial charge in [0.25, 0.3) is 0 Å². The molecule has 120 valence electrons. The molecule has 0 unspecified atom stereocenters. The first-order valence-electron chi connectivity index (χ1n) is 7.75. The Bertz CT molecular complexity index is 800. The van der Waals surface area contributed by atoms with Gasteiger partial charge < -0.3 is 16.0 Å². The zero-order valence-electron chi connectivity index (χ0n) is 12.8. The van der Waals surface area contributed by atoms with Crippen LogP contribution in [-0.4, -0.2) is 49.5 Å². The number of aromatic amines is 2. The average molecular weight is 313 g/mol. The predicted octanol–water partition coefficient (Wildman–Crippen LogP) is 1.29. The van der Waals surface area contributed by atoms with E-state index in [-0.39, 0.29) is 0 Å². The van der Waals surface area contributed by atoms with E-state index in [1.165, 1.54) is 0 Å². The van der Waals surface area contributed by atoms with Gasteiger partial charge >= 0.3 is 0 Å². The minimum absolute atomic E-state index is 0.386. The maximum Gasteiger partial charge on any atom is 0.226 e. The quantitative estimate of drug-likeness (QED) is 0.492. The van der Waals surface area contributed by atoms with Gasteiger partial charge in [0.05, 0.1) is 11.6 Å². The smallest absolute Gasteiger partial charge is 0.226 e. The summed E-state index contributed by atoms with van der Waals surface area (Å²) in [4.78, 5) is 9.11. The third kappa shape index (κ3) is 2.95. The van der Waals surface area contributed by atoms with Gasteiger partial charge in [-0.3, -0.25) is 10.2 Å². The molecule has 5 N–H and O–H groups in total. The molecule has 0 aromatic carbocycles. The van der Waals surface area contributed by atoms with Crippen molar-refractivity contribution in [3.8, 4) is 0 Å². The molecule has 0 spiro atoms. The first kappa shape index (κ1) is 13.9. The Morgan fingerprint density at radius 2 is 2.04 bits per heavy atom. The molecule has 3 aromatic rings. The van der Waals surface area contributed by atoms with Gasteiger partial charge in [-0.05, 0) is 32.9 Å². The fourth-order valence-corrected chi connectivity index (χ4v) is 2.75. The maximum absolute atomic E-state index is 4.60. The van der Waals surface area contributed by atoms with Crippen molar-refractivity contribution >= 4 is 28.6 Å². The van der Waals surface area contributed by atoms with Crippen LogP contribution in [0.25, 0.3) is 11.0 Å². The van der Waals surface area contributed by atoms with E-state index in [1.54, 1.807) is 6.20 Å². The van der Waals surface area contributed by atoms with E-state index < -0.39 is 0 Å². The van der Waals surface area contributed by atoms with Gasteiger partial charge in [0.2, 0.25) is 5.95 Å². The van der Waals surface area contributed by atoms with E-state index in [2.05, 4.69) is 46.3 Å². The lowest BCUT2D eigenvalue weighted by molar-refractivity contribution is 0.477. The van der Waals surface area contributed by atoms with Crippen molar-refractivity contribution in [1.82, 2.24) is 35.7 Å². The number of fused-ring (bicyclic) bond motifs is 1. The SMILES string of the molecule is Cc1cc(Nc2nc(NC3CCNCC3)nc3[nH]ncc23)n[nH]1. The van der Waals surface area contributed by atoms with Crippen molar-refractivity contribution < 1.29 is 0 Å². The minimum atomic E-state index is 0.386. The summed E-state index contributed by atoms with van der Waals surface area (Å²) >= 11 is 0. The molecule has 9 heteroatoms. The Balaban J connectivity index is 1.63. The molecule has 4 heterocycles. The van der Waals surface area contributed by atoms with E-state index in [9.17, 15) is 0 Å². The fraction of sp³-hybridized carbons (Fsp3) is 0.429. The standard InChI is InChI=1S/C14H19N9/c1-8-6-11(22-21-8)18-12-10-7-16-23-13(10)20-14(19-12)17-9-2-4-15-5-3-9/h6-7,9,15H,2-5H2,1H3,(H4,16,17,18,19,20,21,22,23). The highest BCUT2D eigenvalue weighted by atomic mass is 15.2. The molecular formula is C14H19N9. The van der Waals surface area contributed by atoms with Gasteiger partial charge in [0, 0.05) is 17.8 Å². The normalized spacial score (nSPS) is 15.9. The lowest BCUT2D eigenvalue weighted by atomic mass is 10.1. The molecule has 4 rings (SSSR count). The van der Waals surface area contributed by atoms with Crippen LogP contribution in [0.2, 0.25) is 0 Å². The molecule has 23 heavy (non-hydrogen) atoms. The fourth-order valence-electron chi connectivity index (χ4n) is 2.75. The van der Waals surface area contributed by atoms with Crippen LogP contribution < -0.4 is 16.0 Å². The number of aromatic nitrogens is 6. The van der Waals surface area contributed by atoms with E-state index in [4.69, 9.17) is 0 Å². The van der Waals surface area contributed by atoms with Gasteiger partial charge in [0.15, 0.2) is 11.5 Å². The molecule has 1 saturated heterocycles. The highest BCUT2D eigenvalue weighted by Crippen LogP contribution is 2.24. The van der Waals surface area contributed by atoms with Crippen molar-refractivity contribution in [2.75, 3.05) is 23.7 Å². The zero-order chi connectivity index (χ0) is 15.6. The number of hydrogen-bond donors (Lipinski definition) is 5. The molecular weight excluding hydrogens is 294 g/mol. The molecule has 1 aliphatic rings. The van der Waals surface area contributed by atoms with Crippen LogP contribution in [0.1, 0.15) is 18.5 Å². The van der Waals surface area contributed by atoms with Gasteiger partial charge in [-0.1, -0.05) is 0 Å². The molecule has 0 amide bonds. The van der Waals surface area contributed by atoms with Crippen LogP contribution in [0.5, 0.6) is 0 Å². The number of aryl methyl sites for hydroxylation is 1. The third-order valence-corrected chi connectivity index (χ3v) is 3.93. The Kier molecular flexibility index (Phi) is 3.54. The Morgan fingerprint density at radius 1 is 1.17 bits per heavy atom. The number of nitrogens with zero attached hydrogens (tertiary/aromatic N) is 4. The monoisotopic (exact) mass is 313 g/mol. The number of piperidine rings is 1. The molecule has 9 nitrogen and oxygen atoms in total. The molecule has 3 aromatic heterocycles. The van der Waals surface area contributed by atoms with Crippen LogP contribution in [0.3, 0.4) is 0 Å². The second-order valence-corrected chi connectivity index (χ2v) is 5.76. The number of H-pyrrole nitrogens is 2. The minimum Gasteiger partial charge on any atom is -0.351 e. The van der Waals surface area contributed by atoms with Crippen LogP contribution in [-0.2, 0) is 0 Å². The maximum atomic E-state index is 4.60. The van der Waals surface area contributed by atoms with Crippen molar-refractivity contribution in [2.24, 2.45) is 0 Å². The molecule has 0 saturated carbocycles. The van der Waals surface area contributed by atoms with Crippen LogP contribution in [0.4, 0.5) is 17.6 Å². The van der Waals surface area contributed by atoms with Crippen LogP contribution in [0, 0.1) is 6.92 Å². The Hall–Kier alpha value is -2.68. The summed E-state index contributed by atoms with van der Waals surface area (Å²) < 4.78 is 0. The number of nitrogens with one attached hydrogen (secondary N) is 5. The van der Waals surface area contributed by atoms with Crippen LogP contribution >= 0.6 is 0 Å². The summed E-state index contributed by atoms with van der Waals surface area (Å²) in [6.45, 7) is 3.99. The molecule has 1 fully saturated rings. The summed E-state index contributed by atoms with van der Waals surface area (Å²) in [5, 5.41) is 24.9. The molecule has 1 aliphatic heterocycles. The molecule has 0 atom stereocenters. The number of hydrogen-bond acceptors (Lipinski definition) is 7. The van der Waals surface area contributed by atoms with Gasteiger partial charge in [0.1, 0.15) is 5.82 Å². The van der Waals surface area contributed by atoms with E-state index in [0.29, 0.717) is 23.5 Å². The van der Waals surface area contributed by atoms with Crippen LogP contribution in [0.15, 0.2) is 12.3 Å². The molecule has 0 aliphatic carbocycles. The predicted molar refractivity (Wildman–Crippen MR) is 87.8 cm³/mol. The van der Waals surface area contributed by atoms with Gasteiger partial charge in [-0.15, -0.1) is 0 Å². The van der Waals surface area contributed by atoms with Crippen molar-refractivity contribution in [3.63, 3.8) is 0 Å². The first-order chi connectivity index (χ1) is 11.3. The Labute approximate surface area is 132 Å². The summed E-state index contributed by atoms with van der Waals surface area (Å²) in [7, 11) is 0. The van der Waals surface area contributed by atoms with Gasteiger partial charge in [-0.25, -0.2) is 0 Å². The topological polar surface area (TPSA) is 119 Å². The summed E-state index contributed by atoms with van der Waals surface area (Å²) in [5.41, 5.74) is 1.68. The summed E-state index contributed by atoms with van der Waals surface area (Å²) in [6, 6.07) is 2.31. The van der Waals surface area contributed by atoms with Crippen molar-refractivity contribution in [1.29, 1.82) is 0 Å². The molecule has 0 bridgehead atoms. The second kappa shape index (κ2) is 5.84. The second-order valence-electron chi connectivity index (χ2n) is 5.76. The highest BCUT2D eigenvalue weighted by Gasteiger charge is 2.16. The number of rotatable bonds is 4. The van der Waals surface area contributed by atoms with E-state index in [0.717, 1.165) is 42.8 Å². The third-order valence-electron chi connectivity index (χ3n) is 3.93. The average Bonchev–Trinajstić information content (AvgIpc) is 3.17. The van der Waals surface area contributed by atoms with Crippen molar-refractivity contribution in [2.45, 2.75) is 25.8 Å². The highest BCUT2D eigenvalue weighted by molar-refractivity contribution is 5.88. The summed E-state index contributed by atoms with van der Waals surface area (Å²) in [6.07, 6.45) is 3.84. The molecule has 0 radical (unpaired) electrons. The first-order valence-corrected chi connectivity index (χ1v) is 7.75. The number of anilines is 3. The largest absolute Gasteiger partial charge is 0.351 e. The zero-order valence-corrected chi connectivity index (χ0v) is 12.8. The Morgan fingerprint density at radius 3 is 2.83 bits per heavy atom. The van der Waals surface area contributed by atoms with Crippen molar-refractivity contribution in [3.05, 3.63) is 18.0 Å². The van der Waals surface area contributed by atoms with Gasteiger partial charge in [-0.2, -0.15) is 20.2 Å². The summed E-state index contributed by atoms with van der Waals surface area (Å²) in [5.74, 6) is 2.01.